The smallest absolute Gasteiger partial charge is 0.331 e. The van der Waals surface area contributed by atoms with Crippen molar-refractivity contribution in [3.8, 4) is 0 Å². The van der Waals surface area contributed by atoms with E-state index in [0.717, 1.165) is 33.3 Å². The van der Waals surface area contributed by atoms with Crippen LogP contribution in [0.4, 0.5) is 5.69 Å². The Balaban J connectivity index is 1.30. The fourth-order valence-electron chi connectivity index (χ4n) is 3.31. The molecule has 4 aromatic rings. The van der Waals surface area contributed by atoms with Crippen molar-refractivity contribution in [1.82, 2.24) is 9.97 Å². The Hall–Kier alpha value is -3.84. The van der Waals surface area contributed by atoms with Gasteiger partial charge in [-0.2, -0.15) is 0 Å². The Labute approximate surface area is 196 Å². The maximum Gasteiger partial charge on any atom is 0.331 e. The summed E-state index contributed by atoms with van der Waals surface area (Å²) in [6.07, 6.45) is 4.97. The molecule has 2 heterocycles. The van der Waals surface area contributed by atoms with Crippen LogP contribution < -0.4 is 5.32 Å². The van der Waals surface area contributed by atoms with Gasteiger partial charge in [-0.05, 0) is 43.2 Å². The number of amides is 1. The molecule has 0 spiro atoms. The van der Waals surface area contributed by atoms with Gasteiger partial charge in [-0.15, -0.1) is 11.3 Å². The minimum absolute atomic E-state index is 0.0477. The Kier molecular flexibility index (Phi) is 6.90. The van der Waals surface area contributed by atoms with E-state index in [1.54, 1.807) is 17.7 Å². The van der Waals surface area contributed by atoms with E-state index in [1.807, 2.05) is 62.4 Å². The van der Waals surface area contributed by atoms with Gasteiger partial charge in [0.15, 0.2) is 0 Å². The normalized spacial score (nSPS) is 11.1. The molecule has 0 aliphatic heterocycles. The zero-order valence-corrected chi connectivity index (χ0v) is 19.2. The number of thiazole rings is 1. The third-order valence-electron chi connectivity index (χ3n) is 5.00. The number of carbonyl (C=O) groups is 2. The van der Waals surface area contributed by atoms with E-state index >= 15 is 0 Å². The number of nitrogens with zero attached hydrogens (tertiary/aromatic N) is 2. The van der Waals surface area contributed by atoms with Gasteiger partial charge >= 0.3 is 5.97 Å². The Morgan fingerprint density at radius 3 is 2.85 bits per heavy atom. The van der Waals surface area contributed by atoms with Crippen molar-refractivity contribution in [3.63, 3.8) is 0 Å². The molecule has 7 heteroatoms. The molecule has 0 aliphatic carbocycles. The lowest BCUT2D eigenvalue weighted by Gasteiger charge is -2.08. The number of anilines is 1. The van der Waals surface area contributed by atoms with Crippen LogP contribution in [0.25, 0.3) is 17.0 Å². The summed E-state index contributed by atoms with van der Waals surface area (Å²) in [5, 5.41) is 6.40. The number of para-hydroxylation sites is 1. The molecule has 1 N–H and O–H groups in total. The van der Waals surface area contributed by atoms with Crippen molar-refractivity contribution in [2.75, 3.05) is 5.32 Å². The van der Waals surface area contributed by atoms with Gasteiger partial charge in [0.1, 0.15) is 11.6 Å². The fraction of sp³-hybridized carbons (Fsp3) is 0.154. The number of esters is 1. The predicted octanol–water partition coefficient (Wildman–Crippen LogP) is 5.25. The van der Waals surface area contributed by atoms with Crippen LogP contribution in [0.3, 0.4) is 0 Å². The van der Waals surface area contributed by atoms with Crippen LogP contribution in [-0.4, -0.2) is 21.8 Å². The van der Waals surface area contributed by atoms with E-state index in [0.29, 0.717) is 10.7 Å². The number of pyridine rings is 1. The first-order chi connectivity index (χ1) is 16.0. The second kappa shape index (κ2) is 10.2. The quantitative estimate of drug-likeness (QED) is 0.303. The number of fused-ring (bicyclic) bond motifs is 1. The first kappa shape index (κ1) is 22.4. The van der Waals surface area contributed by atoms with Gasteiger partial charge in [-0.1, -0.05) is 36.4 Å². The summed E-state index contributed by atoms with van der Waals surface area (Å²) in [6.45, 7) is 3.99. The number of benzene rings is 2. The fourth-order valence-corrected chi connectivity index (χ4v) is 4.09. The number of hydrogen-bond acceptors (Lipinski definition) is 6. The zero-order valence-electron chi connectivity index (χ0n) is 18.4. The molecule has 2 aromatic heterocycles. The number of aromatic nitrogens is 2. The van der Waals surface area contributed by atoms with Gasteiger partial charge in [-0.3, -0.25) is 9.78 Å². The molecule has 6 nitrogen and oxygen atoms in total. The van der Waals surface area contributed by atoms with Gasteiger partial charge in [0, 0.05) is 34.3 Å². The van der Waals surface area contributed by atoms with Crippen LogP contribution >= 0.6 is 11.3 Å². The van der Waals surface area contributed by atoms with Crippen molar-refractivity contribution in [2.24, 2.45) is 0 Å². The molecule has 0 atom stereocenters. The maximum atomic E-state index is 12.4. The molecule has 4 rings (SSSR count). The van der Waals surface area contributed by atoms with Crippen LogP contribution in [0.2, 0.25) is 0 Å². The number of rotatable bonds is 7. The van der Waals surface area contributed by atoms with Crippen molar-refractivity contribution in [2.45, 2.75) is 26.9 Å². The average Bonchev–Trinajstić information content (AvgIpc) is 3.25. The van der Waals surface area contributed by atoms with Crippen LogP contribution in [0.15, 0.2) is 66.2 Å². The van der Waals surface area contributed by atoms with Gasteiger partial charge in [0.05, 0.1) is 17.6 Å². The molecule has 0 radical (unpaired) electrons. The molecule has 0 fully saturated rings. The summed E-state index contributed by atoms with van der Waals surface area (Å²) >= 11 is 1.37. The monoisotopic (exact) mass is 457 g/mol. The summed E-state index contributed by atoms with van der Waals surface area (Å²) in [6, 6.07) is 15.6. The number of nitrogens with one attached hydrogen (secondary N) is 1. The molecule has 0 bridgehead atoms. The lowest BCUT2D eigenvalue weighted by Crippen LogP contribution is -2.15. The highest BCUT2D eigenvalue weighted by Crippen LogP contribution is 2.19. The lowest BCUT2D eigenvalue weighted by molar-refractivity contribution is -0.139. The van der Waals surface area contributed by atoms with Crippen LogP contribution in [0.5, 0.6) is 0 Å². The highest BCUT2D eigenvalue weighted by Gasteiger charge is 2.11. The Bertz CT molecular complexity index is 1340. The molecule has 2 aromatic carbocycles. The summed E-state index contributed by atoms with van der Waals surface area (Å²) in [5.41, 5.74) is 5.18. The number of ether oxygens (including phenoxy) is 1. The summed E-state index contributed by atoms with van der Waals surface area (Å²) < 4.78 is 5.30. The van der Waals surface area contributed by atoms with Gasteiger partial charge in [0.25, 0.3) is 0 Å². The molecule has 0 saturated carbocycles. The third kappa shape index (κ3) is 5.90. The minimum atomic E-state index is -0.467. The second-order valence-electron chi connectivity index (χ2n) is 7.64. The molecule has 1 amide bonds. The molecular weight excluding hydrogens is 434 g/mol. The highest BCUT2D eigenvalue weighted by molar-refractivity contribution is 7.09. The average molecular weight is 458 g/mol. The number of aryl methyl sites for hydroxylation is 2. The Morgan fingerprint density at radius 2 is 1.97 bits per heavy atom. The third-order valence-corrected chi connectivity index (χ3v) is 5.90. The van der Waals surface area contributed by atoms with Gasteiger partial charge < -0.3 is 10.1 Å². The molecule has 0 unspecified atom stereocenters. The van der Waals surface area contributed by atoms with Gasteiger partial charge in [0.2, 0.25) is 5.91 Å². The molecular formula is C26H23N3O3S. The summed E-state index contributed by atoms with van der Waals surface area (Å²) in [5.74, 6) is -0.599. The Morgan fingerprint density at radius 1 is 1.12 bits per heavy atom. The van der Waals surface area contributed by atoms with E-state index in [1.165, 1.54) is 17.4 Å². The SMILES string of the molecule is Cc1ccc(C)c(NC(=O)Cc2nc(COC(=O)/C=C/c3cccc4cccnc34)cs2)c1. The van der Waals surface area contributed by atoms with Crippen LogP contribution in [0.1, 0.15) is 27.4 Å². The van der Waals surface area contributed by atoms with E-state index in [4.69, 9.17) is 4.74 Å². The topological polar surface area (TPSA) is 81.2 Å². The molecule has 166 valence electrons. The van der Waals surface area contributed by atoms with Crippen molar-refractivity contribution in [1.29, 1.82) is 0 Å². The minimum Gasteiger partial charge on any atom is -0.456 e. The van der Waals surface area contributed by atoms with E-state index in [-0.39, 0.29) is 18.9 Å². The standard InChI is InChI=1S/C26H23N3O3S/c1-17-8-9-18(2)22(13-17)29-23(30)14-24-28-21(16-33-24)15-32-25(31)11-10-20-6-3-5-19-7-4-12-27-26(19)20/h3-13,16H,14-15H2,1-2H3,(H,29,30)/b11-10+. The van der Waals surface area contributed by atoms with Crippen molar-refractivity contribution < 1.29 is 14.3 Å². The molecule has 0 saturated heterocycles. The molecule has 33 heavy (non-hydrogen) atoms. The van der Waals surface area contributed by atoms with Crippen molar-refractivity contribution >= 4 is 45.9 Å². The molecule has 0 aliphatic rings. The first-order valence-corrected chi connectivity index (χ1v) is 11.3. The predicted molar refractivity (Wildman–Crippen MR) is 131 cm³/mol. The maximum absolute atomic E-state index is 12.4. The first-order valence-electron chi connectivity index (χ1n) is 10.5. The van der Waals surface area contributed by atoms with E-state index in [2.05, 4.69) is 15.3 Å². The van der Waals surface area contributed by atoms with E-state index < -0.39 is 5.97 Å². The highest BCUT2D eigenvalue weighted by atomic mass is 32.1. The van der Waals surface area contributed by atoms with Crippen molar-refractivity contribution in [3.05, 3.63) is 93.6 Å². The van der Waals surface area contributed by atoms with Crippen LogP contribution in [0, 0.1) is 13.8 Å². The largest absolute Gasteiger partial charge is 0.456 e. The van der Waals surface area contributed by atoms with E-state index in [9.17, 15) is 9.59 Å². The second-order valence-corrected chi connectivity index (χ2v) is 8.58. The number of hydrogen-bond donors (Lipinski definition) is 1. The number of carbonyl (C=O) groups excluding carboxylic acids is 2. The summed E-state index contributed by atoms with van der Waals surface area (Å²) in [4.78, 5) is 33.3. The lowest BCUT2D eigenvalue weighted by atomic mass is 10.1. The summed E-state index contributed by atoms with van der Waals surface area (Å²) in [7, 11) is 0. The van der Waals surface area contributed by atoms with Gasteiger partial charge in [-0.25, -0.2) is 9.78 Å². The zero-order chi connectivity index (χ0) is 23.2. The van der Waals surface area contributed by atoms with Crippen LogP contribution in [-0.2, 0) is 27.4 Å².